The highest BCUT2D eigenvalue weighted by Crippen LogP contribution is 2.27. The highest BCUT2D eigenvalue weighted by atomic mass is 16.3. The predicted molar refractivity (Wildman–Crippen MR) is 59.5 cm³/mol. The van der Waals surface area contributed by atoms with Crippen LogP contribution < -0.4 is 0 Å². The molecule has 0 saturated carbocycles. The van der Waals surface area contributed by atoms with Gasteiger partial charge in [-0.05, 0) is 23.4 Å². The van der Waals surface area contributed by atoms with Crippen LogP contribution in [0.4, 0.5) is 0 Å². The normalized spacial score (nSPS) is 10.1. The first-order valence-electron chi connectivity index (χ1n) is 4.89. The summed E-state index contributed by atoms with van der Waals surface area (Å²) in [4.78, 5) is 0. The number of hydrogen-bond acceptors (Lipinski definition) is 2. The maximum Gasteiger partial charge on any atom is 0.123 e. The SMILES string of the molecule is N#CCCc1ccc(O)c2ccccc12. The summed E-state index contributed by atoms with van der Waals surface area (Å²) < 4.78 is 0. The summed E-state index contributed by atoms with van der Waals surface area (Å²) in [7, 11) is 0. The van der Waals surface area contributed by atoms with E-state index in [1.807, 2.05) is 30.3 Å². The molecule has 2 aromatic rings. The fourth-order valence-electron chi connectivity index (χ4n) is 1.75. The Labute approximate surface area is 88.4 Å². The van der Waals surface area contributed by atoms with E-state index < -0.39 is 0 Å². The van der Waals surface area contributed by atoms with Gasteiger partial charge in [0.1, 0.15) is 5.75 Å². The first-order valence-corrected chi connectivity index (χ1v) is 4.89. The van der Waals surface area contributed by atoms with Crippen LogP contribution in [0.5, 0.6) is 5.75 Å². The van der Waals surface area contributed by atoms with E-state index in [1.165, 1.54) is 0 Å². The van der Waals surface area contributed by atoms with Gasteiger partial charge in [-0.2, -0.15) is 5.26 Å². The number of hydrogen-bond donors (Lipinski definition) is 1. The first kappa shape index (κ1) is 9.54. The van der Waals surface area contributed by atoms with E-state index in [4.69, 9.17) is 5.26 Å². The number of aryl methyl sites for hydroxylation is 1. The van der Waals surface area contributed by atoms with Crippen molar-refractivity contribution in [3.8, 4) is 11.8 Å². The Morgan fingerprint density at radius 3 is 2.53 bits per heavy atom. The number of nitriles is 1. The van der Waals surface area contributed by atoms with E-state index in [9.17, 15) is 5.11 Å². The van der Waals surface area contributed by atoms with Crippen LogP contribution in [-0.4, -0.2) is 5.11 Å². The van der Waals surface area contributed by atoms with Gasteiger partial charge in [-0.25, -0.2) is 0 Å². The standard InChI is InChI=1S/C13H11NO/c14-9-3-4-10-7-8-13(15)12-6-2-1-5-11(10)12/h1-2,5-8,15H,3-4H2. The number of benzene rings is 2. The molecule has 74 valence electrons. The molecule has 0 spiro atoms. The van der Waals surface area contributed by atoms with Crippen molar-refractivity contribution in [2.24, 2.45) is 0 Å². The minimum absolute atomic E-state index is 0.298. The second kappa shape index (κ2) is 4.02. The lowest BCUT2D eigenvalue weighted by atomic mass is 10.0. The van der Waals surface area contributed by atoms with Crippen LogP contribution in [-0.2, 0) is 6.42 Å². The van der Waals surface area contributed by atoms with Crippen molar-refractivity contribution in [2.75, 3.05) is 0 Å². The molecule has 2 aromatic carbocycles. The van der Waals surface area contributed by atoms with Crippen molar-refractivity contribution in [3.05, 3.63) is 42.0 Å². The average Bonchev–Trinajstić information content (AvgIpc) is 2.29. The van der Waals surface area contributed by atoms with Gasteiger partial charge < -0.3 is 5.11 Å². The topological polar surface area (TPSA) is 44.0 Å². The molecule has 0 aliphatic rings. The van der Waals surface area contributed by atoms with Crippen molar-refractivity contribution >= 4 is 10.8 Å². The molecule has 0 unspecified atom stereocenters. The van der Waals surface area contributed by atoms with Crippen LogP contribution in [0.3, 0.4) is 0 Å². The molecule has 0 aromatic heterocycles. The molecule has 0 atom stereocenters. The fraction of sp³-hybridized carbons (Fsp3) is 0.154. The van der Waals surface area contributed by atoms with Gasteiger partial charge in [0, 0.05) is 11.8 Å². The van der Waals surface area contributed by atoms with E-state index in [0.717, 1.165) is 22.8 Å². The van der Waals surface area contributed by atoms with E-state index in [-0.39, 0.29) is 0 Å². The summed E-state index contributed by atoms with van der Waals surface area (Å²) in [5, 5.41) is 20.1. The number of aromatic hydroxyl groups is 1. The molecule has 0 aliphatic carbocycles. The molecule has 2 rings (SSSR count). The molecule has 0 radical (unpaired) electrons. The maximum absolute atomic E-state index is 9.66. The summed E-state index contributed by atoms with van der Waals surface area (Å²) >= 11 is 0. The second-order valence-corrected chi connectivity index (χ2v) is 3.45. The number of nitrogens with zero attached hydrogens (tertiary/aromatic N) is 1. The van der Waals surface area contributed by atoms with Crippen LogP contribution in [0.2, 0.25) is 0 Å². The molecule has 2 nitrogen and oxygen atoms in total. The van der Waals surface area contributed by atoms with Gasteiger partial charge >= 0.3 is 0 Å². The monoisotopic (exact) mass is 197 g/mol. The molecular weight excluding hydrogens is 186 g/mol. The molecule has 0 fully saturated rings. The van der Waals surface area contributed by atoms with Gasteiger partial charge in [-0.15, -0.1) is 0 Å². The molecule has 0 bridgehead atoms. The molecular formula is C13H11NO. The maximum atomic E-state index is 9.66. The van der Waals surface area contributed by atoms with Gasteiger partial charge in [0.2, 0.25) is 0 Å². The van der Waals surface area contributed by atoms with Crippen LogP contribution in [0.25, 0.3) is 10.8 Å². The Kier molecular flexibility index (Phi) is 2.55. The summed E-state index contributed by atoms with van der Waals surface area (Å²) in [6.45, 7) is 0. The van der Waals surface area contributed by atoms with Crippen LogP contribution in [0, 0.1) is 11.3 Å². The molecule has 1 N–H and O–H groups in total. The summed E-state index contributed by atoms with van der Waals surface area (Å²) in [6, 6.07) is 13.4. The van der Waals surface area contributed by atoms with Gasteiger partial charge in [-0.1, -0.05) is 30.3 Å². The van der Waals surface area contributed by atoms with Crippen molar-refractivity contribution < 1.29 is 5.11 Å². The van der Waals surface area contributed by atoms with Crippen LogP contribution >= 0.6 is 0 Å². The third-order valence-corrected chi connectivity index (χ3v) is 2.50. The van der Waals surface area contributed by atoms with E-state index >= 15 is 0 Å². The molecule has 0 amide bonds. The van der Waals surface area contributed by atoms with Crippen molar-refractivity contribution in [2.45, 2.75) is 12.8 Å². The minimum atomic E-state index is 0.298. The number of fused-ring (bicyclic) bond motifs is 1. The number of rotatable bonds is 2. The average molecular weight is 197 g/mol. The zero-order valence-corrected chi connectivity index (χ0v) is 8.27. The fourth-order valence-corrected chi connectivity index (χ4v) is 1.75. The predicted octanol–water partition coefficient (Wildman–Crippen LogP) is 3.00. The highest BCUT2D eigenvalue weighted by Gasteiger charge is 2.03. The Morgan fingerprint density at radius 2 is 1.80 bits per heavy atom. The summed E-state index contributed by atoms with van der Waals surface area (Å²) in [5.41, 5.74) is 1.12. The highest BCUT2D eigenvalue weighted by molar-refractivity contribution is 5.90. The third-order valence-electron chi connectivity index (χ3n) is 2.50. The molecule has 15 heavy (non-hydrogen) atoms. The quantitative estimate of drug-likeness (QED) is 0.804. The van der Waals surface area contributed by atoms with Gasteiger partial charge in [-0.3, -0.25) is 0 Å². The van der Waals surface area contributed by atoms with E-state index in [1.54, 1.807) is 6.07 Å². The zero-order valence-electron chi connectivity index (χ0n) is 8.27. The summed E-state index contributed by atoms with van der Waals surface area (Å²) in [5.74, 6) is 0.298. The Morgan fingerprint density at radius 1 is 1.07 bits per heavy atom. The first-order chi connectivity index (χ1) is 7.33. The Hall–Kier alpha value is -2.01. The van der Waals surface area contributed by atoms with Crippen LogP contribution in [0.15, 0.2) is 36.4 Å². The number of phenols is 1. The van der Waals surface area contributed by atoms with Crippen molar-refractivity contribution in [1.29, 1.82) is 5.26 Å². The van der Waals surface area contributed by atoms with Crippen LogP contribution in [0.1, 0.15) is 12.0 Å². The van der Waals surface area contributed by atoms with Gasteiger partial charge in [0.05, 0.1) is 6.07 Å². The van der Waals surface area contributed by atoms with Gasteiger partial charge in [0.15, 0.2) is 0 Å². The lowest BCUT2D eigenvalue weighted by Gasteiger charge is -2.06. The molecule has 0 saturated heterocycles. The smallest absolute Gasteiger partial charge is 0.123 e. The van der Waals surface area contributed by atoms with Crippen molar-refractivity contribution in [3.63, 3.8) is 0 Å². The lowest BCUT2D eigenvalue weighted by molar-refractivity contribution is 0.481. The lowest BCUT2D eigenvalue weighted by Crippen LogP contribution is -1.86. The Bertz CT molecular complexity index is 526. The summed E-state index contributed by atoms with van der Waals surface area (Å²) in [6.07, 6.45) is 1.24. The van der Waals surface area contributed by atoms with E-state index in [0.29, 0.717) is 12.2 Å². The zero-order chi connectivity index (χ0) is 10.7. The van der Waals surface area contributed by atoms with Crippen molar-refractivity contribution in [1.82, 2.24) is 0 Å². The largest absolute Gasteiger partial charge is 0.507 e. The second-order valence-electron chi connectivity index (χ2n) is 3.45. The third kappa shape index (κ3) is 1.77. The Balaban J connectivity index is 2.57. The minimum Gasteiger partial charge on any atom is -0.507 e. The number of phenolic OH excluding ortho intramolecular Hbond substituents is 1. The molecule has 0 aliphatic heterocycles. The van der Waals surface area contributed by atoms with E-state index in [2.05, 4.69) is 6.07 Å². The van der Waals surface area contributed by atoms with Gasteiger partial charge in [0.25, 0.3) is 0 Å². The molecule has 0 heterocycles. The molecule has 2 heteroatoms.